The maximum Gasteiger partial charge on any atom is 0.0661 e. The van der Waals surface area contributed by atoms with Crippen LogP contribution in [0.4, 0.5) is 0 Å². The first-order chi connectivity index (χ1) is 10.1. The Labute approximate surface area is 128 Å². The number of benzene rings is 1. The smallest absolute Gasteiger partial charge is 0.0661 e. The molecule has 0 amide bonds. The van der Waals surface area contributed by atoms with E-state index in [-0.39, 0.29) is 0 Å². The summed E-state index contributed by atoms with van der Waals surface area (Å²) in [5, 5.41) is 9.50. The second kappa shape index (κ2) is 4.60. The molecule has 1 nitrogen and oxygen atoms in total. The number of nitrogens with zero attached hydrogens (tertiary/aromatic N) is 1. The average Bonchev–Trinajstić information content (AvgIpc) is 2.83. The zero-order valence-electron chi connectivity index (χ0n) is 13.2. The fourth-order valence-electron chi connectivity index (χ4n) is 5.92. The Balaban J connectivity index is 1.70. The van der Waals surface area contributed by atoms with E-state index in [1.807, 2.05) is 0 Å². The van der Waals surface area contributed by atoms with E-state index in [0.29, 0.717) is 11.3 Å². The monoisotopic (exact) mass is 279 g/mol. The van der Waals surface area contributed by atoms with Crippen LogP contribution in [0.2, 0.25) is 0 Å². The Morgan fingerprint density at radius 2 is 2.05 bits per heavy atom. The molecule has 4 rings (SSSR count). The van der Waals surface area contributed by atoms with E-state index in [4.69, 9.17) is 0 Å². The Morgan fingerprint density at radius 3 is 2.86 bits per heavy atom. The minimum atomic E-state index is 0.304. The Morgan fingerprint density at radius 1 is 1.19 bits per heavy atom. The van der Waals surface area contributed by atoms with Crippen LogP contribution in [0.25, 0.3) is 0 Å². The highest BCUT2D eigenvalue weighted by Gasteiger charge is 2.54. The van der Waals surface area contributed by atoms with Crippen molar-refractivity contribution in [1.29, 1.82) is 5.26 Å². The van der Waals surface area contributed by atoms with Gasteiger partial charge in [-0.1, -0.05) is 30.7 Å². The quantitative estimate of drug-likeness (QED) is 0.656. The molecule has 0 aromatic heterocycles. The molecular formula is C20H25N. The molecule has 21 heavy (non-hydrogen) atoms. The highest BCUT2D eigenvalue weighted by Crippen LogP contribution is 2.62. The van der Waals surface area contributed by atoms with Gasteiger partial charge in [-0.05, 0) is 79.7 Å². The van der Waals surface area contributed by atoms with Gasteiger partial charge in [-0.2, -0.15) is 5.26 Å². The summed E-state index contributed by atoms with van der Waals surface area (Å²) in [5.41, 5.74) is 4.95. The normalized spacial score (nSPS) is 40.8. The van der Waals surface area contributed by atoms with Crippen molar-refractivity contribution in [3.8, 4) is 6.07 Å². The molecule has 3 unspecified atom stereocenters. The topological polar surface area (TPSA) is 23.8 Å². The number of hydrogen-bond acceptors (Lipinski definition) is 1. The van der Waals surface area contributed by atoms with Crippen LogP contribution < -0.4 is 0 Å². The molecule has 0 bridgehead atoms. The lowest BCUT2D eigenvalue weighted by molar-refractivity contribution is 0.0427. The summed E-state index contributed by atoms with van der Waals surface area (Å²) in [6, 6.07) is 9.73. The van der Waals surface area contributed by atoms with Gasteiger partial charge in [0.25, 0.3) is 0 Å². The maximum atomic E-state index is 9.50. The maximum absolute atomic E-state index is 9.50. The van der Waals surface area contributed by atoms with Crippen molar-refractivity contribution in [2.75, 3.05) is 0 Å². The summed E-state index contributed by atoms with van der Waals surface area (Å²) in [6.07, 6.45) is 7.58. The third-order valence-electron chi connectivity index (χ3n) is 7.04. The first-order valence-electron chi connectivity index (χ1n) is 8.62. The summed E-state index contributed by atoms with van der Waals surface area (Å²) < 4.78 is 0. The van der Waals surface area contributed by atoms with Gasteiger partial charge in [0.15, 0.2) is 0 Å². The van der Waals surface area contributed by atoms with Gasteiger partial charge in [0.1, 0.15) is 0 Å². The van der Waals surface area contributed by atoms with E-state index in [2.05, 4.69) is 38.1 Å². The van der Waals surface area contributed by atoms with E-state index >= 15 is 0 Å². The lowest BCUT2D eigenvalue weighted by atomic mass is 9.54. The molecule has 0 saturated heterocycles. The molecular weight excluding hydrogens is 254 g/mol. The highest BCUT2D eigenvalue weighted by molar-refractivity contribution is 5.37. The van der Waals surface area contributed by atoms with Crippen molar-refractivity contribution in [2.45, 2.75) is 58.3 Å². The molecule has 3 aliphatic rings. The van der Waals surface area contributed by atoms with E-state index in [1.54, 1.807) is 11.1 Å². The number of nitriles is 1. The molecule has 0 spiro atoms. The first kappa shape index (κ1) is 13.4. The van der Waals surface area contributed by atoms with Gasteiger partial charge in [0.05, 0.1) is 12.0 Å². The van der Waals surface area contributed by atoms with E-state index in [1.165, 1.54) is 37.7 Å². The second-order valence-corrected chi connectivity index (χ2v) is 7.92. The summed E-state index contributed by atoms with van der Waals surface area (Å²) in [7, 11) is 0. The second-order valence-electron chi connectivity index (χ2n) is 7.92. The zero-order valence-corrected chi connectivity index (χ0v) is 13.2. The predicted octanol–water partition coefficient (Wildman–Crippen LogP) is 4.99. The van der Waals surface area contributed by atoms with Crippen LogP contribution in [-0.2, 0) is 6.42 Å². The molecule has 0 heterocycles. The fraction of sp³-hybridized carbons (Fsp3) is 0.650. The van der Waals surface area contributed by atoms with Crippen molar-refractivity contribution in [3.05, 3.63) is 34.9 Å². The molecule has 1 aromatic rings. The van der Waals surface area contributed by atoms with Gasteiger partial charge in [0.2, 0.25) is 0 Å². The molecule has 110 valence electrons. The van der Waals surface area contributed by atoms with Crippen molar-refractivity contribution in [2.24, 2.45) is 23.2 Å². The number of rotatable bonds is 0. The molecule has 1 heteroatoms. The standard InChI is InChI=1S/C20H25N/c1-13-3-6-16-14(11-13)4-7-18-17(16)9-10-20(2)15(12-21)5-8-19(18)20/h3,6,11,15,17-19H,4-5,7-10H2,1-2H3/t15-,17?,18?,19?,20-/m1/s1. The summed E-state index contributed by atoms with van der Waals surface area (Å²) in [6.45, 7) is 4.62. The summed E-state index contributed by atoms with van der Waals surface area (Å²) in [5.74, 6) is 2.69. The Kier molecular flexibility index (Phi) is 2.93. The number of aryl methyl sites for hydroxylation is 2. The number of hydrogen-bond donors (Lipinski definition) is 0. The highest BCUT2D eigenvalue weighted by atomic mass is 14.6. The van der Waals surface area contributed by atoms with Crippen LogP contribution in [0.5, 0.6) is 0 Å². The third kappa shape index (κ3) is 1.81. The van der Waals surface area contributed by atoms with E-state index in [0.717, 1.165) is 24.2 Å². The van der Waals surface area contributed by atoms with Gasteiger partial charge in [0, 0.05) is 0 Å². The van der Waals surface area contributed by atoms with Crippen LogP contribution in [-0.4, -0.2) is 0 Å². The first-order valence-corrected chi connectivity index (χ1v) is 8.62. The Bertz CT molecular complexity index is 611. The third-order valence-corrected chi connectivity index (χ3v) is 7.04. The lowest BCUT2D eigenvalue weighted by Gasteiger charge is -2.50. The predicted molar refractivity (Wildman–Crippen MR) is 84.9 cm³/mol. The summed E-state index contributed by atoms with van der Waals surface area (Å²) in [4.78, 5) is 0. The molecule has 0 N–H and O–H groups in total. The van der Waals surface area contributed by atoms with Crippen molar-refractivity contribution >= 4 is 0 Å². The molecule has 2 saturated carbocycles. The van der Waals surface area contributed by atoms with Gasteiger partial charge >= 0.3 is 0 Å². The molecule has 0 aliphatic heterocycles. The SMILES string of the molecule is Cc1ccc2c(c1)CCC1C2CC[C@@]2(C)C1CC[C@@H]2C#N. The van der Waals surface area contributed by atoms with E-state index in [9.17, 15) is 5.26 Å². The molecule has 0 radical (unpaired) electrons. The van der Waals surface area contributed by atoms with E-state index < -0.39 is 0 Å². The van der Waals surface area contributed by atoms with Crippen molar-refractivity contribution in [3.63, 3.8) is 0 Å². The van der Waals surface area contributed by atoms with Crippen molar-refractivity contribution < 1.29 is 0 Å². The van der Waals surface area contributed by atoms with Gasteiger partial charge in [-0.3, -0.25) is 0 Å². The molecule has 5 atom stereocenters. The van der Waals surface area contributed by atoms with Crippen LogP contribution in [0, 0.1) is 41.4 Å². The average molecular weight is 279 g/mol. The summed E-state index contributed by atoms with van der Waals surface area (Å²) >= 11 is 0. The fourth-order valence-corrected chi connectivity index (χ4v) is 5.92. The van der Waals surface area contributed by atoms with Gasteiger partial charge in [-0.25, -0.2) is 0 Å². The largest absolute Gasteiger partial charge is 0.198 e. The van der Waals surface area contributed by atoms with Crippen LogP contribution in [0.15, 0.2) is 18.2 Å². The molecule has 2 fully saturated rings. The van der Waals surface area contributed by atoms with Crippen LogP contribution in [0.1, 0.15) is 61.6 Å². The van der Waals surface area contributed by atoms with Crippen molar-refractivity contribution in [1.82, 2.24) is 0 Å². The minimum Gasteiger partial charge on any atom is -0.198 e. The Hall–Kier alpha value is -1.29. The molecule has 1 aromatic carbocycles. The lowest BCUT2D eigenvalue weighted by Crippen LogP contribution is -2.42. The minimum absolute atomic E-state index is 0.304. The van der Waals surface area contributed by atoms with Crippen LogP contribution in [0.3, 0.4) is 0 Å². The van der Waals surface area contributed by atoms with Gasteiger partial charge < -0.3 is 0 Å². The zero-order chi connectivity index (χ0) is 14.6. The molecule has 3 aliphatic carbocycles. The van der Waals surface area contributed by atoms with Crippen LogP contribution >= 0.6 is 0 Å². The van der Waals surface area contributed by atoms with Gasteiger partial charge in [-0.15, -0.1) is 0 Å². The number of fused-ring (bicyclic) bond motifs is 5.